The van der Waals surface area contributed by atoms with Gasteiger partial charge in [0.1, 0.15) is 12.1 Å². The molecule has 2 N–H and O–H groups in total. The van der Waals surface area contributed by atoms with Crippen LogP contribution in [0.2, 0.25) is 0 Å². The molecular formula is C12H16N2O5S. The van der Waals surface area contributed by atoms with Gasteiger partial charge in [-0.1, -0.05) is 31.0 Å². The first kappa shape index (κ1) is 14.8. The third-order valence-corrected chi connectivity index (χ3v) is 4.50. The van der Waals surface area contributed by atoms with Crippen LogP contribution in [0.15, 0.2) is 0 Å². The Labute approximate surface area is 120 Å². The minimum Gasteiger partial charge on any atom is -0.480 e. The highest BCUT2D eigenvalue weighted by Crippen LogP contribution is 2.28. The number of carbonyl (C=O) groups is 4. The van der Waals surface area contributed by atoms with Gasteiger partial charge in [0.2, 0.25) is 11.8 Å². The van der Waals surface area contributed by atoms with E-state index in [1.807, 2.05) is 0 Å². The molecule has 1 heterocycles. The zero-order valence-electron chi connectivity index (χ0n) is 10.9. The lowest BCUT2D eigenvalue weighted by Crippen LogP contribution is -2.57. The smallest absolute Gasteiger partial charge is 0.329 e. The summed E-state index contributed by atoms with van der Waals surface area (Å²) in [5.74, 6) is -2.03. The molecule has 20 heavy (non-hydrogen) atoms. The summed E-state index contributed by atoms with van der Waals surface area (Å²) >= 11 is 0.848. The van der Waals surface area contributed by atoms with Crippen molar-refractivity contribution in [2.45, 2.75) is 37.6 Å². The van der Waals surface area contributed by atoms with E-state index in [2.05, 4.69) is 5.32 Å². The van der Waals surface area contributed by atoms with Gasteiger partial charge in [-0.15, -0.1) is 0 Å². The van der Waals surface area contributed by atoms with E-state index in [-0.39, 0.29) is 5.75 Å². The summed E-state index contributed by atoms with van der Waals surface area (Å²) in [6, 6.07) is 0. The molecule has 1 saturated heterocycles. The van der Waals surface area contributed by atoms with Crippen LogP contribution in [0.4, 0.5) is 4.79 Å². The maximum absolute atomic E-state index is 11.9. The topological polar surface area (TPSA) is 104 Å². The highest BCUT2D eigenvalue weighted by molar-refractivity contribution is 8.14. The monoisotopic (exact) mass is 300 g/mol. The second-order valence-corrected chi connectivity index (χ2v) is 5.96. The summed E-state index contributed by atoms with van der Waals surface area (Å²) in [5, 5.41) is 11.4. The fraction of sp³-hybridized carbons (Fsp3) is 0.667. The predicted molar refractivity (Wildman–Crippen MR) is 71.2 cm³/mol. The van der Waals surface area contributed by atoms with Crippen LogP contribution in [-0.4, -0.2) is 50.9 Å². The van der Waals surface area contributed by atoms with Crippen LogP contribution < -0.4 is 5.32 Å². The molecule has 110 valence electrons. The number of aliphatic carboxylic acids is 1. The first-order chi connectivity index (χ1) is 9.44. The van der Waals surface area contributed by atoms with E-state index < -0.39 is 35.1 Å². The Bertz CT molecular complexity index is 443. The van der Waals surface area contributed by atoms with Crippen LogP contribution >= 0.6 is 11.8 Å². The largest absolute Gasteiger partial charge is 0.480 e. The molecule has 0 spiro atoms. The van der Waals surface area contributed by atoms with Gasteiger partial charge < -0.3 is 10.4 Å². The third-order valence-electron chi connectivity index (χ3n) is 3.64. The molecule has 0 unspecified atom stereocenters. The van der Waals surface area contributed by atoms with Gasteiger partial charge in [0.25, 0.3) is 5.24 Å². The van der Waals surface area contributed by atoms with Crippen molar-refractivity contribution in [1.82, 2.24) is 10.2 Å². The van der Waals surface area contributed by atoms with Crippen molar-refractivity contribution in [3.05, 3.63) is 0 Å². The molecular weight excluding hydrogens is 284 g/mol. The molecule has 0 aromatic carbocycles. The summed E-state index contributed by atoms with van der Waals surface area (Å²) in [4.78, 5) is 47.0. The van der Waals surface area contributed by atoms with Gasteiger partial charge in [-0.05, 0) is 12.8 Å². The molecule has 0 radical (unpaired) electrons. The van der Waals surface area contributed by atoms with Crippen LogP contribution in [-0.2, 0) is 14.4 Å². The summed E-state index contributed by atoms with van der Waals surface area (Å²) in [6.07, 6.45) is 3.19. The van der Waals surface area contributed by atoms with E-state index in [0.717, 1.165) is 35.9 Å². The fourth-order valence-corrected chi connectivity index (χ4v) is 3.26. The average molecular weight is 300 g/mol. The summed E-state index contributed by atoms with van der Waals surface area (Å²) < 4.78 is 0. The summed E-state index contributed by atoms with van der Waals surface area (Å²) in [5.41, 5.74) is -1.26. The highest BCUT2D eigenvalue weighted by Gasteiger charge is 2.42. The van der Waals surface area contributed by atoms with Gasteiger partial charge >= 0.3 is 5.97 Å². The molecule has 2 rings (SSSR count). The van der Waals surface area contributed by atoms with Gasteiger partial charge in [-0.3, -0.25) is 19.3 Å². The Kier molecular flexibility index (Phi) is 4.32. The van der Waals surface area contributed by atoms with E-state index in [1.54, 1.807) is 0 Å². The van der Waals surface area contributed by atoms with Crippen LogP contribution in [0.3, 0.4) is 0 Å². The van der Waals surface area contributed by atoms with E-state index in [1.165, 1.54) is 0 Å². The first-order valence-corrected chi connectivity index (χ1v) is 7.45. The van der Waals surface area contributed by atoms with Gasteiger partial charge in [-0.25, -0.2) is 4.79 Å². The molecule has 0 atom stereocenters. The summed E-state index contributed by atoms with van der Waals surface area (Å²) in [7, 11) is 0. The number of amides is 3. The minimum atomic E-state index is -1.26. The molecule has 0 bridgehead atoms. The molecule has 3 amide bonds. The zero-order valence-corrected chi connectivity index (χ0v) is 11.7. The lowest BCUT2D eigenvalue weighted by Gasteiger charge is -2.34. The van der Waals surface area contributed by atoms with Gasteiger partial charge in [0, 0.05) is 0 Å². The Morgan fingerprint density at radius 1 is 1.25 bits per heavy atom. The molecule has 0 aromatic heterocycles. The number of thioether (sulfide) groups is 1. The number of carbonyl (C=O) groups excluding carboxylic acids is 3. The second-order valence-electron chi connectivity index (χ2n) is 5.03. The van der Waals surface area contributed by atoms with E-state index in [4.69, 9.17) is 0 Å². The molecule has 2 fully saturated rings. The van der Waals surface area contributed by atoms with Crippen molar-refractivity contribution in [3.63, 3.8) is 0 Å². The SMILES string of the molecule is O=C(CN1C(=O)CSC1=O)NC1(C(=O)O)CCCCC1. The average Bonchev–Trinajstić information content (AvgIpc) is 2.71. The number of nitrogens with one attached hydrogen (secondary N) is 1. The van der Waals surface area contributed by atoms with E-state index >= 15 is 0 Å². The van der Waals surface area contributed by atoms with Crippen LogP contribution in [0.5, 0.6) is 0 Å². The number of rotatable bonds is 4. The molecule has 1 saturated carbocycles. The maximum atomic E-state index is 11.9. The number of hydrogen-bond acceptors (Lipinski definition) is 5. The second kappa shape index (κ2) is 5.82. The molecule has 1 aliphatic heterocycles. The molecule has 1 aliphatic carbocycles. The van der Waals surface area contributed by atoms with Crippen molar-refractivity contribution in [2.24, 2.45) is 0 Å². The van der Waals surface area contributed by atoms with Gasteiger partial charge in [0.05, 0.1) is 5.75 Å². The fourth-order valence-electron chi connectivity index (χ4n) is 2.53. The molecule has 7 nitrogen and oxygen atoms in total. The first-order valence-electron chi connectivity index (χ1n) is 6.46. The zero-order chi connectivity index (χ0) is 14.8. The number of imide groups is 1. The van der Waals surface area contributed by atoms with Crippen LogP contribution in [0, 0.1) is 0 Å². The van der Waals surface area contributed by atoms with Crippen molar-refractivity contribution < 1.29 is 24.3 Å². The van der Waals surface area contributed by atoms with Crippen molar-refractivity contribution in [1.29, 1.82) is 0 Å². The minimum absolute atomic E-state index is 0.0379. The van der Waals surface area contributed by atoms with Crippen molar-refractivity contribution in [3.8, 4) is 0 Å². The van der Waals surface area contributed by atoms with E-state index in [9.17, 15) is 24.3 Å². The standard InChI is InChI=1S/C12H16N2O5S/c15-8(6-14-9(16)7-20-11(14)19)13-12(10(17)18)4-2-1-3-5-12/h1-7H2,(H,13,15)(H,17,18). The Morgan fingerprint density at radius 2 is 1.90 bits per heavy atom. The number of nitrogens with zero attached hydrogens (tertiary/aromatic N) is 1. The number of hydrogen-bond donors (Lipinski definition) is 2. The van der Waals surface area contributed by atoms with Crippen molar-refractivity contribution in [2.75, 3.05) is 12.3 Å². The normalized spacial score (nSPS) is 21.9. The summed E-state index contributed by atoms with van der Waals surface area (Å²) in [6.45, 7) is -0.403. The van der Waals surface area contributed by atoms with E-state index in [0.29, 0.717) is 12.8 Å². The highest BCUT2D eigenvalue weighted by atomic mass is 32.2. The Hall–Kier alpha value is -1.57. The van der Waals surface area contributed by atoms with Crippen molar-refractivity contribution >= 4 is 34.8 Å². The molecule has 0 aromatic rings. The van der Waals surface area contributed by atoms with Crippen LogP contribution in [0.25, 0.3) is 0 Å². The number of carboxylic acid groups (broad SMARTS) is 1. The lowest BCUT2D eigenvalue weighted by molar-refractivity contribution is -0.149. The maximum Gasteiger partial charge on any atom is 0.329 e. The Morgan fingerprint density at radius 3 is 2.40 bits per heavy atom. The third kappa shape index (κ3) is 2.95. The Balaban J connectivity index is 2.00. The van der Waals surface area contributed by atoms with Gasteiger partial charge in [0.15, 0.2) is 0 Å². The quantitative estimate of drug-likeness (QED) is 0.787. The van der Waals surface area contributed by atoms with Crippen LogP contribution in [0.1, 0.15) is 32.1 Å². The van der Waals surface area contributed by atoms with Gasteiger partial charge in [-0.2, -0.15) is 0 Å². The molecule has 2 aliphatic rings. The predicted octanol–water partition coefficient (Wildman–Crippen LogP) is 0.585. The number of carboxylic acids is 1. The lowest BCUT2D eigenvalue weighted by atomic mass is 9.81. The molecule has 8 heteroatoms.